The number of aliphatic hydroxyl groups is 2. The van der Waals surface area contributed by atoms with Gasteiger partial charge in [0.25, 0.3) is 0 Å². The van der Waals surface area contributed by atoms with Gasteiger partial charge in [0, 0.05) is 0 Å². The van der Waals surface area contributed by atoms with Crippen LogP contribution in [0.2, 0.25) is 0 Å². The molecule has 0 saturated heterocycles. The zero-order valence-corrected chi connectivity index (χ0v) is 20.1. The van der Waals surface area contributed by atoms with Gasteiger partial charge in [-0.1, -0.05) is 97.1 Å². The summed E-state index contributed by atoms with van der Waals surface area (Å²) >= 11 is 0. The molecule has 3 aromatic carbocycles. The predicted molar refractivity (Wildman–Crippen MR) is 138 cm³/mol. The molecule has 5 heteroatoms. The topological polar surface area (TPSA) is 68.2 Å². The summed E-state index contributed by atoms with van der Waals surface area (Å²) in [4.78, 5) is 0. The van der Waals surface area contributed by atoms with E-state index >= 15 is 0 Å². The minimum atomic E-state index is -1.02. The van der Waals surface area contributed by atoms with Gasteiger partial charge in [0.05, 0.1) is 32.5 Å². The molecule has 0 heterocycles. The minimum Gasteiger partial charge on any atom is -0.394 e. The monoisotopic (exact) mass is 476 g/mol. The van der Waals surface area contributed by atoms with Crippen molar-refractivity contribution in [3.05, 3.63) is 120 Å². The van der Waals surface area contributed by atoms with E-state index in [9.17, 15) is 10.2 Å². The van der Waals surface area contributed by atoms with E-state index in [0.29, 0.717) is 26.1 Å². The Morgan fingerprint density at radius 3 is 1.51 bits per heavy atom. The number of hydrogen-bond donors (Lipinski definition) is 2. The SMILES string of the molecule is C=CCC[C@@H](OCc1ccccc1)[C@@H](O)[C@H](OCc1ccccc1)[C@H](CO)OCc1ccccc1. The molecule has 0 radical (unpaired) electrons. The van der Waals surface area contributed by atoms with Crippen LogP contribution >= 0.6 is 0 Å². The molecule has 0 saturated carbocycles. The van der Waals surface area contributed by atoms with Gasteiger partial charge in [-0.15, -0.1) is 6.58 Å². The molecule has 35 heavy (non-hydrogen) atoms. The second-order valence-corrected chi connectivity index (χ2v) is 8.47. The lowest BCUT2D eigenvalue weighted by atomic mass is 9.99. The minimum absolute atomic E-state index is 0.278. The number of aliphatic hydroxyl groups excluding tert-OH is 2. The van der Waals surface area contributed by atoms with Crippen LogP contribution in [0, 0.1) is 0 Å². The Bertz CT molecular complexity index is 948. The number of hydrogen-bond acceptors (Lipinski definition) is 5. The molecule has 186 valence electrons. The molecule has 0 bridgehead atoms. The van der Waals surface area contributed by atoms with Crippen LogP contribution in [0.1, 0.15) is 29.5 Å². The van der Waals surface area contributed by atoms with E-state index in [0.717, 1.165) is 16.7 Å². The van der Waals surface area contributed by atoms with Gasteiger partial charge in [0.2, 0.25) is 0 Å². The van der Waals surface area contributed by atoms with Gasteiger partial charge in [-0.2, -0.15) is 0 Å². The highest BCUT2D eigenvalue weighted by Gasteiger charge is 2.35. The van der Waals surface area contributed by atoms with E-state index in [1.165, 1.54) is 0 Å². The maximum atomic E-state index is 11.5. The molecule has 5 nitrogen and oxygen atoms in total. The summed E-state index contributed by atoms with van der Waals surface area (Å²) in [5.41, 5.74) is 2.96. The maximum Gasteiger partial charge on any atom is 0.115 e. The van der Waals surface area contributed by atoms with Crippen LogP contribution in [0.15, 0.2) is 104 Å². The molecule has 0 aliphatic heterocycles. The summed E-state index contributed by atoms with van der Waals surface area (Å²) in [7, 11) is 0. The van der Waals surface area contributed by atoms with E-state index in [1.807, 2.05) is 91.0 Å². The van der Waals surface area contributed by atoms with Crippen molar-refractivity contribution < 1.29 is 24.4 Å². The molecule has 3 rings (SSSR count). The van der Waals surface area contributed by atoms with Crippen molar-refractivity contribution in [1.29, 1.82) is 0 Å². The maximum absolute atomic E-state index is 11.5. The number of ether oxygens (including phenoxy) is 3. The summed E-state index contributed by atoms with van der Waals surface area (Å²) < 4.78 is 18.4. The van der Waals surface area contributed by atoms with Crippen molar-refractivity contribution in [2.24, 2.45) is 0 Å². The summed E-state index contributed by atoms with van der Waals surface area (Å²) in [6.45, 7) is 4.45. The lowest BCUT2D eigenvalue weighted by molar-refractivity contribution is -0.177. The Kier molecular flexibility index (Phi) is 11.7. The normalized spacial score (nSPS) is 14.7. The molecule has 4 atom stereocenters. The summed E-state index contributed by atoms with van der Waals surface area (Å²) in [6, 6.07) is 29.3. The fraction of sp³-hybridized carbons (Fsp3) is 0.333. The molecule has 2 N–H and O–H groups in total. The third-order valence-corrected chi connectivity index (χ3v) is 5.82. The van der Waals surface area contributed by atoms with Gasteiger partial charge in [-0.25, -0.2) is 0 Å². The van der Waals surface area contributed by atoms with Crippen LogP contribution in [0.3, 0.4) is 0 Å². The largest absolute Gasteiger partial charge is 0.394 e. The van der Waals surface area contributed by atoms with Crippen molar-refractivity contribution in [3.8, 4) is 0 Å². The third kappa shape index (κ3) is 9.06. The van der Waals surface area contributed by atoms with Crippen LogP contribution in [0.5, 0.6) is 0 Å². The first-order valence-electron chi connectivity index (χ1n) is 12.1. The molecule has 0 amide bonds. The molecule has 0 aliphatic rings. The quantitative estimate of drug-likeness (QED) is 0.283. The van der Waals surface area contributed by atoms with E-state index in [-0.39, 0.29) is 13.2 Å². The highest BCUT2D eigenvalue weighted by molar-refractivity contribution is 5.15. The van der Waals surface area contributed by atoms with Crippen molar-refractivity contribution in [3.63, 3.8) is 0 Å². The molecule has 0 spiro atoms. The number of rotatable bonds is 16. The Morgan fingerprint density at radius 2 is 1.09 bits per heavy atom. The van der Waals surface area contributed by atoms with Crippen molar-refractivity contribution in [1.82, 2.24) is 0 Å². The Balaban J connectivity index is 1.75. The fourth-order valence-electron chi connectivity index (χ4n) is 3.85. The molecule has 0 unspecified atom stereocenters. The van der Waals surface area contributed by atoms with E-state index in [2.05, 4.69) is 6.58 Å². The molecule has 0 aliphatic carbocycles. The van der Waals surface area contributed by atoms with Crippen LogP contribution in [0.25, 0.3) is 0 Å². The summed E-state index contributed by atoms with van der Waals surface area (Å²) in [5, 5.41) is 21.7. The standard InChI is InChI=1S/C30H36O5/c1-2-3-19-27(33-21-24-13-7-4-8-14-24)29(32)30(35-23-26-17-11-6-12-18-26)28(20-31)34-22-25-15-9-5-10-16-25/h2,4-18,27-32H,1,3,19-23H2/t27-,28+,29-,30-/m1/s1. The highest BCUT2D eigenvalue weighted by atomic mass is 16.6. The van der Waals surface area contributed by atoms with Crippen LogP contribution < -0.4 is 0 Å². The zero-order chi connectivity index (χ0) is 24.7. The predicted octanol–water partition coefficient (Wildman–Crippen LogP) is 5.06. The smallest absolute Gasteiger partial charge is 0.115 e. The molecule has 0 aromatic heterocycles. The van der Waals surface area contributed by atoms with Gasteiger partial charge in [0.1, 0.15) is 18.3 Å². The van der Waals surface area contributed by atoms with Crippen LogP contribution in [0.4, 0.5) is 0 Å². The lowest BCUT2D eigenvalue weighted by Gasteiger charge is -2.34. The molecular weight excluding hydrogens is 440 g/mol. The first-order valence-corrected chi connectivity index (χ1v) is 12.1. The first-order chi connectivity index (χ1) is 17.2. The average Bonchev–Trinajstić information content (AvgIpc) is 2.92. The summed E-state index contributed by atoms with van der Waals surface area (Å²) in [5.74, 6) is 0. The van der Waals surface area contributed by atoms with E-state index < -0.39 is 24.4 Å². The second kappa shape index (κ2) is 15.2. The van der Waals surface area contributed by atoms with Crippen molar-refractivity contribution in [2.75, 3.05) is 6.61 Å². The van der Waals surface area contributed by atoms with Gasteiger partial charge in [0.15, 0.2) is 0 Å². The van der Waals surface area contributed by atoms with Gasteiger partial charge < -0.3 is 24.4 Å². The number of allylic oxidation sites excluding steroid dienone is 1. The molecular formula is C30H36O5. The van der Waals surface area contributed by atoms with Gasteiger partial charge >= 0.3 is 0 Å². The Hall–Kier alpha value is -2.80. The van der Waals surface area contributed by atoms with Crippen LogP contribution in [-0.2, 0) is 34.0 Å². The molecule has 0 fully saturated rings. The summed E-state index contributed by atoms with van der Waals surface area (Å²) in [6.07, 6.45) is -0.0228. The lowest BCUT2D eigenvalue weighted by Crippen LogP contribution is -2.49. The van der Waals surface area contributed by atoms with E-state index in [4.69, 9.17) is 14.2 Å². The number of benzene rings is 3. The van der Waals surface area contributed by atoms with Crippen molar-refractivity contribution in [2.45, 2.75) is 57.1 Å². The van der Waals surface area contributed by atoms with Gasteiger partial charge in [-0.05, 0) is 29.5 Å². The fourth-order valence-corrected chi connectivity index (χ4v) is 3.85. The van der Waals surface area contributed by atoms with E-state index in [1.54, 1.807) is 6.08 Å². The van der Waals surface area contributed by atoms with Crippen molar-refractivity contribution >= 4 is 0 Å². The Labute approximate surface area is 208 Å². The van der Waals surface area contributed by atoms with Crippen LogP contribution in [-0.4, -0.2) is 41.2 Å². The average molecular weight is 477 g/mol. The second-order valence-electron chi connectivity index (χ2n) is 8.47. The third-order valence-electron chi connectivity index (χ3n) is 5.82. The van der Waals surface area contributed by atoms with Gasteiger partial charge in [-0.3, -0.25) is 0 Å². The zero-order valence-electron chi connectivity index (χ0n) is 20.1. The molecule has 3 aromatic rings. The Morgan fingerprint density at radius 1 is 0.657 bits per heavy atom. The first kappa shape index (κ1) is 26.8. The highest BCUT2D eigenvalue weighted by Crippen LogP contribution is 2.22.